The molecule has 0 N–H and O–H groups in total. The fourth-order valence-corrected chi connectivity index (χ4v) is 41.7. The van der Waals surface area contributed by atoms with Gasteiger partial charge in [0.1, 0.15) is 0 Å². The van der Waals surface area contributed by atoms with Crippen molar-refractivity contribution in [2.75, 3.05) is 0 Å². The summed E-state index contributed by atoms with van der Waals surface area (Å²) in [5.41, 5.74) is 0. The van der Waals surface area contributed by atoms with Crippen LogP contribution in [-0.4, -0.2) is 47.2 Å². The van der Waals surface area contributed by atoms with E-state index in [1.807, 2.05) is 62.4 Å². The molecule has 0 spiro atoms. The van der Waals surface area contributed by atoms with Gasteiger partial charge in [0, 0.05) is 0 Å². The van der Waals surface area contributed by atoms with Crippen LogP contribution in [0.5, 0.6) is 0 Å². The molecule has 0 bridgehead atoms. The van der Waals surface area contributed by atoms with Gasteiger partial charge in [-0.1, -0.05) is 0 Å². The second-order valence-corrected chi connectivity index (χ2v) is 40.3. The molecule has 0 aliphatic rings. The number of benzene rings is 8. The molecule has 0 saturated carbocycles. The van der Waals surface area contributed by atoms with Crippen molar-refractivity contribution in [1.29, 1.82) is 0 Å². The Kier molecular flexibility index (Phi) is 13.4. The Morgan fingerprint density at radius 2 is 0.469 bits per heavy atom. The number of hydrogen-bond donors (Lipinski definition) is 0. The van der Waals surface area contributed by atoms with Crippen molar-refractivity contribution in [2.24, 2.45) is 0 Å². The van der Waals surface area contributed by atoms with Crippen molar-refractivity contribution >= 4 is 75.3 Å². The van der Waals surface area contributed by atoms with E-state index in [-0.39, 0.29) is 35.9 Å². The number of allylic oxidation sites excluding steroid dienone is 2. The molecule has 0 aromatic heterocycles. The quantitative estimate of drug-likeness (QED) is 0.0405. The summed E-state index contributed by atoms with van der Waals surface area (Å²) in [6.07, 6.45) is 3.58. The van der Waals surface area contributed by atoms with Crippen molar-refractivity contribution in [1.82, 2.24) is 0 Å². The monoisotopic (exact) mass is 1050 g/mol. The molecule has 0 aliphatic carbocycles. The van der Waals surface area contributed by atoms with Gasteiger partial charge in [-0.15, -0.1) is 0 Å². The Bertz CT molecular complexity index is 2330. The minimum absolute atomic E-state index is 0.169. The molecule has 0 fully saturated rings. The maximum atomic E-state index is 14.5. The molecule has 0 amide bonds. The van der Waals surface area contributed by atoms with Gasteiger partial charge in [0.25, 0.3) is 0 Å². The van der Waals surface area contributed by atoms with Crippen LogP contribution in [0.1, 0.15) is 26.7 Å². The van der Waals surface area contributed by atoms with E-state index in [9.17, 15) is 9.59 Å². The van der Waals surface area contributed by atoms with Crippen LogP contribution in [-0.2, 0) is 15.6 Å². The zero-order valence-corrected chi connectivity index (χ0v) is 41.3. The first-order valence-electron chi connectivity index (χ1n) is 21.8. The molecule has 0 unspecified atom stereocenters. The van der Waals surface area contributed by atoms with E-state index >= 15 is 0 Å². The Labute approximate surface area is 380 Å². The third-order valence-electron chi connectivity index (χ3n) is 12.1. The van der Waals surface area contributed by atoms with Gasteiger partial charge < -0.3 is 0 Å². The Morgan fingerprint density at radius 1 is 0.312 bits per heavy atom. The van der Waals surface area contributed by atoms with Gasteiger partial charge in [-0.2, -0.15) is 0 Å². The second kappa shape index (κ2) is 19.3. The molecular weight excluding hydrogens is 1000 g/mol. The molecule has 8 rings (SSSR count). The molecule has 8 aromatic rings. The van der Waals surface area contributed by atoms with E-state index in [0.29, 0.717) is 0 Å². The van der Waals surface area contributed by atoms with Crippen LogP contribution in [0.4, 0.5) is 0 Å². The molecule has 64 heavy (non-hydrogen) atoms. The van der Waals surface area contributed by atoms with E-state index < -0.39 is 35.6 Å². The third-order valence-corrected chi connectivity index (χ3v) is 44.6. The normalized spacial score (nSPS) is 13.3. The third kappa shape index (κ3) is 7.47. The van der Waals surface area contributed by atoms with Gasteiger partial charge in [-0.05, 0) is 0 Å². The summed E-state index contributed by atoms with van der Waals surface area (Å²) < 4.78 is 24.7. The topological polar surface area (TPSA) is 52.6 Å². The predicted molar refractivity (Wildman–Crippen MR) is 269 cm³/mol. The predicted octanol–water partition coefficient (Wildman–Crippen LogP) is 7.80. The first-order valence-corrected chi connectivity index (χ1v) is 34.1. The van der Waals surface area contributed by atoms with Crippen LogP contribution in [0, 0.1) is 0 Å². The van der Waals surface area contributed by atoms with Crippen LogP contribution in [0.15, 0.2) is 266 Å². The molecular formula is C58H52O4Sb2. The summed E-state index contributed by atoms with van der Waals surface area (Å²) in [5.74, 6) is 0.0650. The average molecular weight is 1060 g/mol. The number of ketones is 2. The second-order valence-electron chi connectivity index (χ2n) is 15.6. The Balaban J connectivity index is 1.59. The molecule has 0 atom stereocenters. The molecule has 0 radical (unpaired) electrons. The first kappa shape index (κ1) is 44.4. The summed E-state index contributed by atoms with van der Waals surface area (Å²) in [7, 11) is 0. The van der Waals surface area contributed by atoms with E-state index in [4.69, 9.17) is 6.03 Å². The van der Waals surface area contributed by atoms with Crippen molar-refractivity contribution in [3.63, 3.8) is 0 Å². The summed E-state index contributed by atoms with van der Waals surface area (Å²) in [6, 6.07) is 83.5. The minimum atomic E-state index is -5.85. The van der Waals surface area contributed by atoms with Crippen molar-refractivity contribution in [3.05, 3.63) is 266 Å². The van der Waals surface area contributed by atoms with E-state index in [1.54, 1.807) is 12.2 Å². The zero-order valence-electron chi connectivity index (χ0n) is 36.2. The van der Waals surface area contributed by atoms with Crippen molar-refractivity contribution in [2.45, 2.75) is 26.7 Å². The number of carbonyl (C=O) groups is 2. The molecule has 318 valence electrons. The standard InChI is InChI=1S/C10H14O4.8C6H5.2Sb/c1-3-7(11)5-9(13)10(14)6-8(12)4-2;8*1-2-4-6-5-3-1;;/h5-6,13-14H,3-4H2,1-2H3;8*1-5H;;/q;;;;;;;;;2*+1/p-2. The summed E-state index contributed by atoms with van der Waals surface area (Å²) in [6.45, 7) is 3.69. The van der Waals surface area contributed by atoms with Crippen molar-refractivity contribution < 1.29 is 15.6 Å². The van der Waals surface area contributed by atoms with Gasteiger partial charge in [0.15, 0.2) is 0 Å². The zero-order chi connectivity index (χ0) is 44.3. The SMILES string of the molecule is CCC(=O)C=C([O][Sb]([c]1ccccc1)([c]1ccccc1)([c]1ccccc1)[c]1ccccc1)C(=CC(=O)CC)[O][Sb]([c]1ccccc1)([c]1ccccc1)([c]1ccccc1)[c]1ccccc1. The van der Waals surface area contributed by atoms with Gasteiger partial charge in [-0.3, -0.25) is 0 Å². The molecule has 8 aromatic carbocycles. The van der Waals surface area contributed by atoms with E-state index in [0.717, 1.165) is 28.1 Å². The van der Waals surface area contributed by atoms with Crippen LogP contribution in [0.3, 0.4) is 0 Å². The van der Waals surface area contributed by atoms with E-state index in [1.165, 1.54) is 0 Å². The Morgan fingerprint density at radius 3 is 0.609 bits per heavy atom. The molecule has 0 aliphatic heterocycles. The van der Waals surface area contributed by atoms with Gasteiger partial charge in [-0.25, -0.2) is 0 Å². The molecule has 0 saturated heterocycles. The van der Waals surface area contributed by atoms with Gasteiger partial charge in [0.2, 0.25) is 0 Å². The number of rotatable bonds is 17. The number of carbonyl (C=O) groups excluding carboxylic acids is 2. The molecule has 6 heteroatoms. The van der Waals surface area contributed by atoms with E-state index in [2.05, 4.69) is 194 Å². The van der Waals surface area contributed by atoms with Crippen LogP contribution in [0.25, 0.3) is 0 Å². The maximum absolute atomic E-state index is 14.5. The number of hydrogen-bond acceptors (Lipinski definition) is 4. The first-order chi connectivity index (χ1) is 31.4. The molecule has 0 heterocycles. The fourth-order valence-electron chi connectivity index (χ4n) is 9.09. The summed E-state index contributed by atoms with van der Waals surface area (Å²) >= 11 is -11.7. The average Bonchev–Trinajstić information content (AvgIpc) is 3.38. The summed E-state index contributed by atoms with van der Waals surface area (Å²) in [4.78, 5) is 28.9. The summed E-state index contributed by atoms with van der Waals surface area (Å²) in [5, 5.41) is 0. The molecule has 4 nitrogen and oxygen atoms in total. The Hall–Kier alpha value is -6.18. The van der Waals surface area contributed by atoms with Crippen molar-refractivity contribution in [3.8, 4) is 0 Å². The van der Waals surface area contributed by atoms with Crippen LogP contribution in [0.2, 0.25) is 0 Å². The van der Waals surface area contributed by atoms with Crippen LogP contribution >= 0.6 is 0 Å². The van der Waals surface area contributed by atoms with Gasteiger partial charge >= 0.3 is 384 Å². The van der Waals surface area contributed by atoms with Crippen LogP contribution < -0.4 is 28.1 Å². The fraction of sp³-hybridized carbons (Fsp3) is 0.0690. The van der Waals surface area contributed by atoms with Gasteiger partial charge in [0.05, 0.1) is 0 Å².